The van der Waals surface area contributed by atoms with Crippen LogP contribution < -0.4 is 0 Å². The molecular weight excluding hydrogens is 183 g/mol. The third-order valence-electron chi connectivity index (χ3n) is 0. The second kappa shape index (κ2) is 25.4. The van der Waals surface area contributed by atoms with Gasteiger partial charge in [-0.15, -0.1) is 0 Å². The number of rotatable bonds is 0. The van der Waals surface area contributed by atoms with Gasteiger partial charge in [0.2, 0.25) is 0 Å². The molecule has 0 aromatic heterocycles. The normalized spacial score (nSPS) is 5.62. The molecule has 0 aliphatic carbocycles. The fraction of sp³-hybridized carbons (Fsp3) is 0.800. The predicted molar refractivity (Wildman–Crippen MR) is 29.1 cm³/mol. The molecule has 0 unspecified atom stereocenters. The summed E-state index contributed by atoms with van der Waals surface area (Å²) in [7, 11) is 0. The molecule has 2 nitrogen and oxygen atoms in total. The van der Waals surface area contributed by atoms with Crippen LogP contribution in [-0.2, 0) is 27.5 Å². The summed E-state index contributed by atoms with van der Waals surface area (Å²) in [6, 6.07) is 0. The van der Waals surface area contributed by atoms with Crippen molar-refractivity contribution in [1.29, 1.82) is 0 Å². The van der Waals surface area contributed by atoms with Crippen LogP contribution in [-0.4, -0.2) is 11.2 Å². The number of aliphatic hydroxyl groups is 1. The molecular formula is C5H13O2Zr-. The van der Waals surface area contributed by atoms with Crippen LogP contribution in [0.2, 0.25) is 0 Å². The van der Waals surface area contributed by atoms with E-state index in [0.29, 0.717) is 24.7 Å². The van der Waals surface area contributed by atoms with E-state index in [1.165, 1.54) is 0 Å². The van der Waals surface area contributed by atoms with Gasteiger partial charge in [0, 0.05) is 6.10 Å². The number of hydrogen-bond donors (Lipinski definition) is 1. The first kappa shape index (κ1) is 15.9. The average Bonchev–Trinajstić information content (AvgIpc) is 1.75. The first-order valence-corrected chi connectivity index (χ1v) is 3.33. The van der Waals surface area contributed by atoms with Crippen LogP contribution in [0.3, 0.4) is 0 Å². The third kappa shape index (κ3) is 511. The summed E-state index contributed by atoms with van der Waals surface area (Å²) in [5.41, 5.74) is 0. The quantitative estimate of drug-likeness (QED) is 0.589. The van der Waals surface area contributed by atoms with Crippen molar-refractivity contribution in [2.75, 3.05) is 0 Å². The summed E-state index contributed by atoms with van der Waals surface area (Å²) in [5.74, 6) is 0. The van der Waals surface area contributed by atoms with Gasteiger partial charge in [-0.1, -0.05) is 0 Å². The molecule has 0 fully saturated rings. The summed E-state index contributed by atoms with van der Waals surface area (Å²) in [4.78, 5) is 0. The SMILES string of the molecule is CC(C)O.[CH2-]C.[O]=[Zr]. The molecule has 0 heterocycles. The van der Waals surface area contributed by atoms with Crippen LogP contribution in [0.5, 0.6) is 0 Å². The average molecular weight is 196 g/mol. The molecule has 0 aliphatic rings. The van der Waals surface area contributed by atoms with Crippen molar-refractivity contribution in [1.82, 2.24) is 0 Å². The van der Waals surface area contributed by atoms with Crippen LogP contribution in [0, 0.1) is 6.92 Å². The van der Waals surface area contributed by atoms with Gasteiger partial charge < -0.3 is 12.0 Å². The fourth-order valence-corrected chi connectivity index (χ4v) is 0. The standard InChI is InChI=1S/C3H8O.C2H5.O.Zr/c1-3(2)4;1-2;;/h3-4H,1-2H3;1H2,2H3;;/q;-1;;. The molecule has 0 aliphatic heterocycles. The first-order chi connectivity index (χ1) is 3.73. The van der Waals surface area contributed by atoms with Gasteiger partial charge in [0.05, 0.1) is 0 Å². The molecule has 0 bridgehead atoms. The Morgan fingerprint density at radius 3 is 1.38 bits per heavy atom. The summed E-state index contributed by atoms with van der Waals surface area (Å²) >= 11 is 0.300. The fourth-order valence-electron chi connectivity index (χ4n) is 0. The van der Waals surface area contributed by atoms with E-state index in [9.17, 15) is 0 Å². The zero-order valence-corrected chi connectivity index (χ0v) is 8.10. The summed E-state index contributed by atoms with van der Waals surface area (Å²) in [5, 5.41) is 8.06. The van der Waals surface area contributed by atoms with Crippen molar-refractivity contribution >= 4 is 0 Å². The summed E-state index contributed by atoms with van der Waals surface area (Å²) < 4.78 is 8.34. The molecule has 50 valence electrons. The number of aliphatic hydroxyl groups excluding tert-OH is 1. The van der Waals surface area contributed by atoms with Crippen LogP contribution in [0.4, 0.5) is 0 Å². The van der Waals surface area contributed by atoms with Gasteiger partial charge in [0.15, 0.2) is 0 Å². The van der Waals surface area contributed by atoms with E-state index in [-0.39, 0.29) is 6.10 Å². The van der Waals surface area contributed by atoms with Crippen molar-refractivity contribution in [2.24, 2.45) is 0 Å². The Morgan fingerprint density at radius 1 is 1.38 bits per heavy atom. The Labute approximate surface area is 66.6 Å². The maximum atomic E-state index is 8.34. The molecule has 0 rings (SSSR count). The predicted octanol–water partition coefficient (Wildman–Crippen LogP) is 1.11. The Morgan fingerprint density at radius 2 is 1.38 bits per heavy atom. The van der Waals surface area contributed by atoms with Crippen LogP contribution in [0.25, 0.3) is 0 Å². The molecule has 0 atom stereocenters. The topological polar surface area (TPSA) is 37.3 Å². The molecule has 0 saturated heterocycles. The Balaban J connectivity index is -0.0000000542. The van der Waals surface area contributed by atoms with Crippen molar-refractivity contribution in [2.45, 2.75) is 26.9 Å². The van der Waals surface area contributed by atoms with Gasteiger partial charge in [-0.2, -0.15) is 6.92 Å². The van der Waals surface area contributed by atoms with E-state index < -0.39 is 0 Å². The Hall–Kier alpha value is 0.643. The van der Waals surface area contributed by atoms with E-state index >= 15 is 0 Å². The Kier molecular flexibility index (Phi) is 50.4. The van der Waals surface area contributed by atoms with Crippen molar-refractivity contribution in [3.8, 4) is 0 Å². The van der Waals surface area contributed by atoms with E-state index in [1.807, 2.05) is 0 Å². The molecule has 1 N–H and O–H groups in total. The van der Waals surface area contributed by atoms with Gasteiger partial charge in [0.1, 0.15) is 0 Å². The second-order valence-corrected chi connectivity index (χ2v) is 1.09. The number of hydrogen-bond acceptors (Lipinski definition) is 2. The van der Waals surface area contributed by atoms with Crippen molar-refractivity contribution in [3.05, 3.63) is 6.92 Å². The second-order valence-electron chi connectivity index (χ2n) is 1.09. The molecule has 0 aromatic carbocycles. The summed E-state index contributed by atoms with van der Waals surface area (Å²) in [6.07, 6.45) is -0.167. The molecule has 8 heavy (non-hydrogen) atoms. The minimum absolute atomic E-state index is 0.167. The van der Waals surface area contributed by atoms with Gasteiger partial charge in [-0.25, -0.2) is 0 Å². The molecule has 0 amide bonds. The minimum atomic E-state index is -0.167. The zero-order valence-electron chi connectivity index (χ0n) is 5.64. The van der Waals surface area contributed by atoms with Crippen LogP contribution in [0.1, 0.15) is 20.8 Å². The molecule has 0 radical (unpaired) electrons. The van der Waals surface area contributed by atoms with Crippen molar-refractivity contribution in [3.63, 3.8) is 0 Å². The Bertz CT molecular complexity index is 21.6. The van der Waals surface area contributed by atoms with Gasteiger partial charge in [-0.05, 0) is 13.8 Å². The third-order valence-corrected chi connectivity index (χ3v) is 0. The molecule has 0 spiro atoms. The van der Waals surface area contributed by atoms with Crippen LogP contribution in [0.15, 0.2) is 0 Å². The zero-order chi connectivity index (χ0) is 7.58. The van der Waals surface area contributed by atoms with Crippen molar-refractivity contribution < 1.29 is 32.6 Å². The maximum absolute atomic E-state index is 8.34. The van der Waals surface area contributed by atoms with E-state index in [4.69, 9.17) is 7.92 Å². The van der Waals surface area contributed by atoms with E-state index in [2.05, 4.69) is 6.92 Å². The monoisotopic (exact) mass is 195 g/mol. The molecule has 3 heteroatoms. The van der Waals surface area contributed by atoms with E-state index in [0.717, 1.165) is 0 Å². The first-order valence-electron chi connectivity index (χ1n) is 2.32. The van der Waals surface area contributed by atoms with Gasteiger partial charge in [-0.3, -0.25) is 0 Å². The van der Waals surface area contributed by atoms with Crippen LogP contribution >= 0.6 is 0 Å². The summed E-state index contributed by atoms with van der Waals surface area (Å²) in [6.45, 7) is 8.44. The molecule has 0 aromatic rings. The van der Waals surface area contributed by atoms with E-state index in [1.54, 1.807) is 20.8 Å². The van der Waals surface area contributed by atoms with Gasteiger partial charge >= 0.3 is 27.5 Å². The van der Waals surface area contributed by atoms with Gasteiger partial charge in [0.25, 0.3) is 0 Å². The molecule has 0 saturated carbocycles.